The lowest BCUT2D eigenvalue weighted by Crippen LogP contribution is -2.42. The molecule has 0 radical (unpaired) electrons. The number of hydrogen-bond acceptors (Lipinski definition) is 4. The van der Waals surface area contributed by atoms with Crippen molar-refractivity contribution in [3.8, 4) is 5.75 Å². The van der Waals surface area contributed by atoms with Gasteiger partial charge in [0, 0.05) is 30.4 Å². The van der Waals surface area contributed by atoms with Crippen molar-refractivity contribution in [3.63, 3.8) is 0 Å². The summed E-state index contributed by atoms with van der Waals surface area (Å²) < 4.78 is 5.12. The number of aryl methyl sites for hydroxylation is 1. The van der Waals surface area contributed by atoms with Crippen molar-refractivity contribution in [2.45, 2.75) is 40.2 Å². The van der Waals surface area contributed by atoms with E-state index in [1.54, 1.807) is 44.4 Å². The zero-order valence-electron chi connectivity index (χ0n) is 21.1. The molecular formula is C28H35N3O4. The Labute approximate surface area is 207 Å². The molecule has 0 bridgehead atoms. The Bertz CT molecular complexity index is 1080. The second-order valence-electron chi connectivity index (χ2n) is 9.51. The Morgan fingerprint density at radius 3 is 2.34 bits per heavy atom. The maximum atomic E-state index is 13.1. The van der Waals surface area contributed by atoms with Gasteiger partial charge in [-0.2, -0.15) is 0 Å². The Hall–Kier alpha value is -3.61. The number of nitrogens with zero attached hydrogens (tertiary/aromatic N) is 1. The molecule has 0 aliphatic carbocycles. The van der Waals surface area contributed by atoms with E-state index >= 15 is 0 Å². The predicted octanol–water partition coefficient (Wildman–Crippen LogP) is 4.28. The predicted molar refractivity (Wildman–Crippen MR) is 138 cm³/mol. The van der Waals surface area contributed by atoms with E-state index in [1.165, 1.54) is 6.08 Å². The fourth-order valence-electron chi connectivity index (χ4n) is 4.36. The number of rotatable bonds is 7. The fourth-order valence-corrected chi connectivity index (χ4v) is 4.36. The Morgan fingerprint density at radius 1 is 1.06 bits per heavy atom. The van der Waals surface area contributed by atoms with Gasteiger partial charge < -0.3 is 20.3 Å². The summed E-state index contributed by atoms with van der Waals surface area (Å²) in [5.74, 6) is 0.912. The molecular weight excluding hydrogens is 442 g/mol. The molecule has 186 valence electrons. The molecule has 1 saturated heterocycles. The zero-order chi connectivity index (χ0) is 25.5. The van der Waals surface area contributed by atoms with E-state index in [2.05, 4.69) is 24.5 Å². The standard InChI is InChI=1S/C28H35N3O4/c1-18-14-19(2)17-31(16-18)28(34)23-10-6-20(3)25(15-23)30-27(33)21(4)29-26(32)13-9-22-7-11-24(35-5)12-8-22/h6-13,15,18-19,21H,14,16-17H2,1-5H3,(H,29,32)(H,30,33). The molecule has 0 aromatic heterocycles. The van der Waals surface area contributed by atoms with Crippen LogP contribution in [0.4, 0.5) is 5.69 Å². The average Bonchev–Trinajstić information content (AvgIpc) is 2.83. The number of carbonyl (C=O) groups is 3. The minimum atomic E-state index is -0.759. The summed E-state index contributed by atoms with van der Waals surface area (Å²) in [5.41, 5.74) is 2.79. The molecule has 1 aliphatic rings. The number of anilines is 1. The highest BCUT2D eigenvalue weighted by molar-refractivity contribution is 6.01. The lowest BCUT2D eigenvalue weighted by atomic mass is 9.91. The van der Waals surface area contributed by atoms with Crippen LogP contribution in [0.1, 0.15) is 48.7 Å². The van der Waals surface area contributed by atoms with Gasteiger partial charge in [-0.05, 0) is 73.6 Å². The second kappa shape index (κ2) is 11.7. The molecule has 0 spiro atoms. The minimum absolute atomic E-state index is 0.0241. The molecule has 3 atom stereocenters. The number of carbonyl (C=O) groups excluding carboxylic acids is 3. The summed E-state index contributed by atoms with van der Waals surface area (Å²) >= 11 is 0. The number of amides is 3. The van der Waals surface area contributed by atoms with Gasteiger partial charge in [-0.1, -0.05) is 32.0 Å². The van der Waals surface area contributed by atoms with Gasteiger partial charge >= 0.3 is 0 Å². The van der Waals surface area contributed by atoms with Crippen LogP contribution in [0.25, 0.3) is 6.08 Å². The van der Waals surface area contributed by atoms with E-state index in [9.17, 15) is 14.4 Å². The largest absolute Gasteiger partial charge is 0.497 e. The van der Waals surface area contributed by atoms with Crippen molar-refractivity contribution in [3.05, 3.63) is 65.2 Å². The van der Waals surface area contributed by atoms with Gasteiger partial charge in [0.15, 0.2) is 0 Å². The first-order valence-corrected chi connectivity index (χ1v) is 12.0. The maximum Gasteiger partial charge on any atom is 0.253 e. The third-order valence-corrected chi connectivity index (χ3v) is 6.19. The number of hydrogen-bond donors (Lipinski definition) is 2. The van der Waals surface area contributed by atoms with E-state index in [0.29, 0.717) is 23.1 Å². The normalized spacial score (nSPS) is 18.7. The van der Waals surface area contributed by atoms with Gasteiger partial charge in [0.05, 0.1) is 7.11 Å². The number of methoxy groups -OCH3 is 1. The van der Waals surface area contributed by atoms with E-state index in [0.717, 1.165) is 36.4 Å². The van der Waals surface area contributed by atoms with Gasteiger partial charge in [-0.25, -0.2) is 0 Å². The third kappa shape index (κ3) is 7.18. The molecule has 35 heavy (non-hydrogen) atoms. The summed E-state index contributed by atoms with van der Waals surface area (Å²) in [6.45, 7) is 9.31. The van der Waals surface area contributed by atoms with Crippen LogP contribution in [0.15, 0.2) is 48.5 Å². The third-order valence-electron chi connectivity index (χ3n) is 6.19. The second-order valence-corrected chi connectivity index (χ2v) is 9.51. The summed E-state index contributed by atoms with van der Waals surface area (Å²) in [6.07, 6.45) is 4.18. The molecule has 7 nitrogen and oxygen atoms in total. The number of benzene rings is 2. The smallest absolute Gasteiger partial charge is 0.253 e. The molecule has 3 rings (SSSR count). The van der Waals surface area contributed by atoms with Gasteiger partial charge in [-0.3, -0.25) is 14.4 Å². The van der Waals surface area contributed by atoms with E-state index < -0.39 is 6.04 Å². The van der Waals surface area contributed by atoms with Crippen LogP contribution in [0, 0.1) is 18.8 Å². The van der Waals surface area contributed by atoms with Crippen LogP contribution in [-0.4, -0.2) is 48.9 Å². The molecule has 2 aromatic carbocycles. The van der Waals surface area contributed by atoms with Crippen molar-refractivity contribution in [1.29, 1.82) is 0 Å². The van der Waals surface area contributed by atoms with Crippen LogP contribution >= 0.6 is 0 Å². The summed E-state index contributed by atoms with van der Waals surface area (Å²) in [7, 11) is 1.59. The summed E-state index contributed by atoms with van der Waals surface area (Å²) in [4.78, 5) is 40.0. The molecule has 3 amide bonds. The molecule has 2 aromatic rings. The van der Waals surface area contributed by atoms with Crippen LogP contribution in [-0.2, 0) is 9.59 Å². The SMILES string of the molecule is COc1ccc(C=CC(=O)NC(C)C(=O)Nc2cc(C(=O)N3CC(C)CC(C)C3)ccc2C)cc1. The van der Waals surface area contributed by atoms with Crippen LogP contribution in [0.5, 0.6) is 5.75 Å². The van der Waals surface area contributed by atoms with E-state index in [1.807, 2.05) is 30.0 Å². The lowest BCUT2D eigenvalue weighted by molar-refractivity contribution is -0.123. The number of likely N-dealkylation sites (tertiary alicyclic amines) is 1. The molecule has 1 aliphatic heterocycles. The Morgan fingerprint density at radius 2 is 1.71 bits per heavy atom. The van der Waals surface area contributed by atoms with Crippen molar-refractivity contribution in [2.24, 2.45) is 11.8 Å². The van der Waals surface area contributed by atoms with Crippen molar-refractivity contribution < 1.29 is 19.1 Å². The van der Waals surface area contributed by atoms with E-state index in [4.69, 9.17) is 4.74 Å². The van der Waals surface area contributed by atoms with Crippen molar-refractivity contribution in [1.82, 2.24) is 10.2 Å². The number of piperidine rings is 1. The minimum Gasteiger partial charge on any atom is -0.497 e. The van der Waals surface area contributed by atoms with Gasteiger partial charge in [0.1, 0.15) is 11.8 Å². The topological polar surface area (TPSA) is 87.7 Å². The lowest BCUT2D eigenvalue weighted by Gasteiger charge is -2.35. The van der Waals surface area contributed by atoms with E-state index in [-0.39, 0.29) is 17.7 Å². The summed E-state index contributed by atoms with van der Waals surface area (Å²) in [5, 5.41) is 5.53. The molecule has 1 heterocycles. The van der Waals surface area contributed by atoms with Crippen molar-refractivity contribution >= 4 is 29.5 Å². The van der Waals surface area contributed by atoms with Crippen LogP contribution in [0.3, 0.4) is 0 Å². The van der Waals surface area contributed by atoms with Crippen molar-refractivity contribution in [2.75, 3.05) is 25.5 Å². The first kappa shape index (κ1) is 26.0. The maximum absolute atomic E-state index is 13.1. The fraction of sp³-hybridized carbons (Fsp3) is 0.393. The van der Waals surface area contributed by atoms with Crippen LogP contribution < -0.4 is 15.4 Å². The number of ether oxygens (including phenoxy) is 1. The molecule has 0 saturated carbocycles. The molecule has 7 heteroatoms. The first-order valence-electron chi connectivity index (χ1n) is 12.0. The van der Waals surface area contributed by atoms with Gasteiger partial charge in [0.25, 0.3) is 5.91 Å². The Kier molecular flexibility index (Phi) is 8.68. The monoisotopic (exact) mass is 477 g/mol. The average molecular weight is 478 g/mol. The highest BCUT2D eigenvalue weighted by Crippen LogP contribution is 2.24. The first-order chi connectivity index (χ1) is 16.7. The number of nitrogens with one attached hydrogen (secondary N) is 2. The zero-order valence-corrected chi connectivity index (χ0v) is 21.1. The van der Waals surface area contributed by atoms with Crippen LogP contribution in [0.2, 0.25) is 0 Å². The summed E-state index contributed by atoms with van der Waals surface area (Å²) in [6, 6.07) is 11.9. The molecule has 1 fully saturated rings. The molecule has 3 unspecified atom stereocenters. The van der Waals surface area contributed by atoms with Gasteiger partial charge in [0.2, 0.25) is 11.8 Å². The Balaban J connectivity index is 1.60. The molecule has 2 N–H and O–H groups in total. The highest BCUT2D eigenvalue weighted by Gasteiger charge is 2.26. The highest BCUT2D eigenvalue weighted by atomic mass is 16.5. The quantitative estimate of drug-likeness (QED) is 0.583. The van der Waals surface area contributed by atoms with Gasteiger partial charge in [-0.15, -0.1) is 0 Å².